The summed E-state index contributed by atoms with van der Waals surface area (Å²) < 4.78 is 12.9. The zero-order valence-electron chi connectivity index (χ0n) is 13.3. The molecule has 1 amide bonds. The molecule has 1 aliphatic rings. The molecule has 3 nitrogen and oxygen atoms in total. The minimum absolute atomic E-state index is 0.108. The highest BCUT2D eigenvalue weighted by atomic mass is 19.1. The topological polar surface area (TPSA) is 23.6 Å². The van der Waals surface area contributed by atoms with Crippen molar-refractivity contribution < 1.29 is 9.18 Å². The van der Waals surface area contributed by atoms with E-state index < -0.39 is 0 Å². The molecule has 1 atom stereocenters. The third-order valence-corrected chi connectivity index (χ3v) is 4.34. The molecule has 2 aromatic rings. The number of nitrogens with zero attached hydrogens (tertiary/aromatic N) is 2. The van der Waals surface area contributed by atoms with Crippen LogP contribution in [0.4, 0.5) is 10.1 Å². The van der Waals surface area contributed by atoms with Crippen LogP contribution in [0.5, 0.6) is 0 Å². The lowest BCUT2D eigenvalue weighted by Crippen LogP contribution is -2.54. The molecule has 23 heavy (non-hydrogen) atoms. The lowest BCUT2D eigenvalue weighted by molar-refractivity contribution is -0.131. The molecule has 3 rings (SSSR count). The zero-order valence-corrected chi connectivity index (χ0v) is 13.3. The minimum Gasteiger partial charge on any atom is -0.365 e. The highest BCUT2D eigenvalue weighted by Gasteiger charge is 2.26. The number of hydrogen-bond donors (Lipinski definition) is 0. The first-order valence-corrected chi connectivity index (χ1v) is 7.97. The van der Waals surface area contributed by atoms with E-state index in [4.69, 9.17) is 0 Å². The van der Waals surface area contributed by atoms with Gasteiger partial charge in [0.1, 0.15) is 5.82 Å². The smallest absolute Gasteiger partial charge is 0.227 e. The second kappa shape index (κ2) is 6.82. The normalized spacial score (nSPS) is 18.1. The van der Waals surface area contributed by atoms with E-state index in [-0.39, 0.29) is 17.8 Å². The SMILES string of the molecule is CC1CN(C(=O)Cc2ccc(F)cc2)CCN1c1ccccc1. The van der Waals surface area contributed by atoms with Crippen LogP contribution in [0.2, 0.25) is 0 Å². The van der Waals surface area contributed by atoms with Crippen LogP contribution in [-0.4, -0.2) is 36.5 Å². The van der Waals surface area contributed by atoms with E-state index in [0.29, 0.717) is 6.42 Å². The van der Waals surface area contributed by atoms with Gasteiger partial charge in [0, 0.05) is 31.4 Å². The molecule has 1 saturated heterocycles. The second-order valence-corrected chi connectivity index (χ2v) is 6.02. The maximum atomic E-state index is 12.9. The fraction of sp³-hybridized carbons (Fsp3) is 0.316. The third-order valence-electron chi connectivity index (χ3n) is 4.34. The van der Waals surface area contributed by atoms with Crippen LogP contribution in [0.15, 0.2) is 54.6 Å². The Morgan fingerprint density at radius 3 is 2.43 bits per heavy atom. The molecule has 120 valence electrons. The summed E-state index contributed by atoms with van der Waals surface area (Å²) in [5.74, 6) is -0.164. The minimum atomic E-state index is -0.272. The van der Waals surface area contributed by atoms with Crippen molar-refractivity contribution in [1.29, 1.82) is 0 Å². The summed E-state index contributed by atoms with van der Waals surface area (Å²) in [5.41, 5.74) is 2.06. The number of anilines is 1. The quantitative estimate of drug-likeness (QED) is 0.869. The molecule has 0 spiro atoms. The molecule has 0 aliphatic carbocycles. The summed E-state index contributed by atoms with van der Waals surface area (Å²) in [6.07, 6.45) is 0.332. The number of piperazine rings is 1. The Balaban J connectivity index is 1.61. The summed E-state index contributed by atoms with van der Waals surface area (Å²) in [7, 11) is 0. The Bertz CT molecular complexity index is 657. The largest absolute Gasteiger partial charge is 0.365 e. The molecule has 0 aromatic heterocycles. The number of amides is 1. The fourth-order valence-corrected chi connectivity index (χ4v) is 3.08. The Hall–Kier alpha value is -2.36. The van der Waals surface area contributed by atoms with E-state index in [2.05, 4.69) is 24.0 Å². The van der Waals surface area contributed by atoms with Crippen molar-refractivity contribution in [3.8, 4) is 0 Å². The number of para-hydroxylation sites is 1. The van der Waals surface area contributed by atoms with E-state index >= 15 is 0 Å². The van der Waals surface area contributed by atoms with Gasteiger partial charge in [-0.05, 0) is 36.8 Å². The Kier molecular flexibility index (Phi) is 4.60. The van der Waals surface area contributed by atoms with Crippen LogP contribution in [0.3, 0.4) is 0 Å². The highest BCUT2D eigenvalue weighted by molar-refractivity contribution is 5.79. The van der Waals surface area contributed by atoms with Crippen LogP contribution in [-0.2, 0) is 11.2 Å². The maximum Gasteiger partial charge on any atom is 0.227 e. The van der Waals surface area contributed by atoms with Gasteiger partial charge in [-0.15, -0.1) is 0 Å². The average molecular weight is 312 g/mol. The molecule has 1 aliphatic heterocycles. The first-order chi connectivity index (χ1) is 11.1. The molecule has 4 heteroatoms. The molecule has 1 unspecified atom stereocenters. The van der Waals surface area contributed by atoms with Crippen molar-refractivity contribution >= 4 is 11.6 Å². The van der Waals surface area contributed by atoms with Crippen LogP contribution < -0.4 is 4.90 Å². The number of carbonyl (C=O) groups excluding carboxylic acids is 1. The lowest BCUT2D eigenvalue weighted by atomic mass is 10.1. The molecule has 0 N–H and O–H groups in total. The van der Waals surface area contributed by atoms with Gasteiger partial charge in [-0.2, -0.15) is 0 Å². The summed E-state index contributed by atoms with van der Waals surface area (Å²) in [5, 5.41) is 0. The summed E-state index contributed by atoms with van der Waals surface area (Å²) in [6.45, 7) is 4.42. The van der Waals surface area contributed by atoms with Crippen molar-refractivity contribution in [2.24, 2.45) is 0 Å². The van der Waals surface area contributed by atoms with E-state index in [9.17, 15) is 9.18 Å². The van der Waals surface area contributed by atoms with Gasteiger partial charge in [-0.3, -0.25) is 4.79 Å². The molecule has 1 fully saturated rings. The van der Waals surface area contributed by atoms with E-state index in [1.165, 1.54) is 17.8 Å². The number of carbonyl (C=O) groups is 1. The number of benzene rings is 2. The molecular weight excluding hydrogens is 291 g/mol. The van der Waals surface area contributed by atoms with Crippen LogP contribution in [0, 0.1) is 5.82 Å². The van der Waals surface area contributed by atoms with Crippen molar-refractivity contribution in [2.75, 3.05) is 24.5 Å². The predicted octanol–water partition coefficient (Wildman–Crippen LogP) is 3.11. The first-order valence-electron chi connectivity index (χ1n) is 7.97. The average Bonchev–Trinajstić information content (AvgIpc) is 2.57. The monoisotopic (exact) mass is 312 g/mol. The van der Waals surface area contributed by atoms with Crippen LogP contribution >= 0.6 is 0 Å². The molecule has 0 saturated carbocycles. The van der Waals surface area contributed by atoms with Crippen molar-refractivity contribution in [1.82, 2.24) is 4.90 Å². The lowest BCUT2D eigenvalue weighted by Gasteiger charge is -2.41. The third kappa shape index (κ3) is 3.70. The van der Waals surface area contributed by atoms with E-state index in [1.54, 1.807) is 12.1 Å². The van der Waals surface area contributed by atoms with Crippen molar-refractivity contribution in [2.45, 2.75) is 19.4 Å². The zero-order chi connectivity index (χ0) is 16.2. The summed E-state index contributed by atoms with van der Waals surface area (Å²) in [4.78, 5) is 16.7. The molecule has 2 aromatic carbocycles. The Morgan fingerprint density at radius 2 is 1.78 bits per heavy atom. The van der Waals surface area contributed by atoms with Gasteiger partial charge in [0.25, 0.3) is 0 Å². The van der Waals surface area contributed by atoms with Gasteiger partial charge in [0.05, 0.1) is 6.42 Å². The molecule has 0 bridgehead atoms. The number of halogens is 1. The highest BCUT2D eigenvalue weighted by Crippen LogP contribution is 2.20. The van der Waals surface area contributed by atoms with Crippen LogP contribution in [0.25, 0.3) is 0 Å². The van der Waals surface area contributed by atoms with Gasteiger partial charge in [0.15, 0.2) is 0 Å². The second-order valence-electron chi connectivity index (χ2n) is 6.02. The van der Waals surface area contributed by atoms with Gasteiger partial charge in [-0.1, -0.05) is 30.3 Å². The molecule has 1 heterocycles. The van der Waals surface area contributed by atoms with Gasteiger partial charge in [-0.25, -0.2) is 4.39 Å². The Labute approximate surface area is 136 Å². The van der Waals surface area contributed by atoms with Crippen LogP contribution in [0.1, 0.15) is 12.5 Å². The molecular formula is C19H21FN2O. The van der Waals surface area contributed by atoms with Crippen molar-refractivity contribution in [3.63, 3.8) is 0 Å². The summed E-state index contributed by atoms with van der Waals surface area (Å²) >= 11 is 0. The summed E-state index contributed by atoms with van der Waals surface area (Å²) in [6, 6.07) is 16.7. The fourth-order valence-electron chi connectivity index (χ4n) is 3.08. The van der Waals surface area contributed by atoms with E-state index in [1.807, 2.05) is 23.1 Å². The van der Waals surface area contributed by atoms with Gasteiger partial charge >= 0.3 is 0 Å². The van der Waals surface area contributed by atoms with Crippen molar-refractivity contribution in [3.05, 3.63) is 66.0 Å². The van der Waals surface area contributed by atoms with Gasteiger partial charge < -0.3 is 9.80 Å². The van der Waals surface area contributed by atoms with E-state index in [0.717, 1.165) is 25.2 Å². The first kappa shape index (κ1) is 15.5. The van der Waals surface area contributed by atoms with Gasteiger partial charge in [0.2, 0.25) is 5.91 Å². The number of rotatable bonds is 3. The maximum absolute atomic E-state index is 12.9. The predicted molar refractivity (Wildman–Crippen MR) is 89.9 cm³/mol. The Morgan fingerprint density at radius 1 is 1.09 bits per heavy atom. The standard InChI is InChI=1S/C19H21FN2O/c1-15-14-21(11-12-22(15)18-5-3-2-4-6-18)19(23)13-16-7-9-17(20)10-8-16/h2-10,15H,11-14H2,1H3. The number of hydrogen-bond acceptors (Lipinski definition) is 2. The molecule has 0 radical (unpaired) electrons.